The Labute approximate surface area is 101 Å². The SMILES string of the molecule is CC(C)CCCNC(=O)c1c(O)cccc1F. The summed E-state index contributed by atoms with van der Waals surface area (Å²) in [5.41, 5.74) is -0.281. The van der Waals surface area contributed by atoms with E-state index < -0.39 is 11.7 Å². The molecule has 1 aromatic carbocycles. The second-order valence-corrected chi connectivity index (χ2v) is 4.43. The minimum absolute atomic E-state index is 0.281. The number of nitrogens with one attached hydrogen (secondary N) is 1. The molecule has 1 rings (SSSR count). The van der Waals surface area contributed by atoms with Gasteiger partial charge in [-0.1, -0.05) is 19.9 Å². The first-order valence-electron chi connectivity index (χ1n) is 5.78. The highest BCUT2D eigenvalue weighted by Gasteiger charge is 2.15. The fraction of sp³-hybridized carbons (Fsp3) is 0.462. The molecule has 94 valence electrons. The zero-order valence-electron chi connectivity index (χ0n) is 10.2. The maximum Gasteiger partial charge on any atom is 0.258 e. The zero-order valence-corrected chi connectivity index (χ0v) is 10.2. The molecule has 1 amide bonds. The summed E-state index contributed by atoms with van der Waals surface area (Å²) in [6, 6.07) is 3.81. The Morgan fingerprint density at radius 1 is 1.47 bits per heavy atom. The van der Waals surface area contributed by atoms with Gasteiger partial charge in [-0.15, -0.1) is 0 Å². The van der Waals surface area contributed by atoms with E-state index in [0.29, 0.717) is 12.5 Å². The predicted octanol–water partition coefficient (Wildman–Crippen LogP) is 2.70. The van der Waals surface area contributed by atoms with E-state index in [-0.39, 0.29) is 11.3 Å². The summed E-state index contributed by atoms with van der Waals surface area (Å²) in [4.78, 5) is 11.6. The van der Waals surface area contributed by atoms with Crippen LogP contribution in [0.1, 0.15) is 37.0 Å². The molecule has 17 heavy (non-hydrogen) atoms. The molecule has 0 saturated heterocycles. The fourth-order valence-corrected chi connectivity index (χ4v) is 1.54. The van der Waals surface area contributed by atoms with Crippen molar-refractivity contribution < 1.29 is 14.3 Å². The smallest absolute Gasteiger partial charge is 0.258 e. The van der Waals surface area contributed by atoms with Crippen molar-refractivity contribution in [3.63, 3.8) is 0 Å². The van der Waals surface area contributed by atoms with Gasteiger partial charge < -0.3 is 10.4 Å². The third-order valence-electron chi connectivity index (χ3n) is 2.46. The van der Waals surface area contributed by atoms with Crippen LogP contribution in [0.25, 0.3) is 0 Å². The van der Waals surface area contributed by atoms with Crippen molar-refractivity contribution >= 4 is 5.91 Å². The zero-order chi connectivity index (χ0) is 12.8. The second kappa shape index (κ2) is 6.23. The number of rotatable bonds is 5. The van der Waals surface area contributed by atoms with E-state index in [0.717, 1.165) is 18.9 Å². The van der Waals surface area contributed by atoms with Crippen LogP contribution < -0.4 is 5.32 Å². The normalized spacial score (nSPS) is 10.6. The number of aromatic hydroxyl groups is 1. The fourth-order valence-electron chi connectivity index (χ4n) is 1.54. The molecule has 2 N–H and O–H groups in total. The molecule has 3 nitrogen and oxygen atoms in total. The van der Waals surface area contributed by atoms with Crippen LogP contribution in [0.4, 0.5) is 4.39 Å². The van der Waals surface area contributed by atoms with E-state index >= 15 is 0 Å². The Bertz CT molecular complexity index is 371. The third-order valence-corrected chi connectivity index (χ3v) is 2.46. The van der Waals surface area contributed by atoms with Crippen molar-refractivity contribution in [3.8, 4) is 5.75 Å². The van der Waals surface area contributed by atoms with Gasteiger partial charge in [-0.05, 0) is 30.9 Å². The van der Waals surface area contributed by atoms with Gasteiger partial charge in [0, 0.05) is 6.54 Å². The number of phenolic OH excluding ortho intramolecular Hbond substituents is 1. The molecule has 0 spiro atoms. The number of hydrogen-bond donors (Lipinski definition) is 2. The van der Waals surface area contributed by atoms with Crippen LogP contribution >= 0.6 is 0 Å². The Balaban J connectivity index is 2.53. The summed E-state index contributed by atoms with van der Waals surface area (Å²) in [5, 5.41) is 12.0. The minimum atomic E-state index is -0.702. The van der Waals surface area contributed by atoms with Crippen molar-refractivity contribution in [2.45, 2.75) is 26.7 Å². The number of benzene rings is 1. The second-order valence-electron chi connectivity index (χ2n) is 4.43. The number of halogens is 1. The maximum atomic E-state index is 13.3. The van der Waals surface area contributed by atoms with Gasteiger partial charge in [0.05, 0.1) is 0 Å². The number of carbonyl (C=O) groups is 1. The van der Waals surface area contributed by atoms with Crippen LogP contribution in [0.3, 0.4) is 0 Å². The third kappa shape index (κ3) is 4.06. The molecule has 0 saturated carbocycles. The van der Waals surface area contributed by atoms with E-state index in [9.17, 15) is 14.3 Å². The van der Waals surface area contributed by atoms with E-state index in [4.69, 9.17) is 0 Å². The van der Waals surface area contributed by atoms with Crippen LogP contribution in [-0.4, -0.2) is 17.6 Å². The number of amides is 1. The lowest BCUT2D eigenvalue weighted by Gasteiger charge is -2.08. The molecule has 0 aliphatic carbocycles. The minimum Gasteiger partial charge on any atom is -0.507 e. The van der Waals surface area contributed by atoms with Crippen molar-refractivity contribution in [1.82, 2.24) is 5.32 Å². The number of hydrogen-bond acceptors (Lipinski definition) is 2. The summed E-state index contributed by atoms with van der Waals surface area (Å²) in [6.07, 6.45) is 1.85. The van der Waals surface area contributed by atoms with Crippen LogP contribution in [0.5, 0.6) is 5.75 Å². The van der Waals surface area contributed by atoms with Gasteiger partial charge in [0.25, 0.3) is 5.91 Å². The van der Waals surface area contributed by atoms with Crippen LogP contribution in [0.2, 0.25) is 0 Å². The van der Waals surface area contributed by atoms with Gasteiger partial charge in [0.1, 0.15) is 17.1 Å². The molecule has 0 radical (unpaired) electrons. The van der Waals surface area contributed by atoms with Crippen molar-refractivity contribution in [2.75, 3.05) is 6.54 Å². The molecule has 0 heterocycles. The van der Waals surface area contributed by atoms with Crippen molar-refractivity contribution in [2.24, 2.45) is 5.92 Å². The molecule has 0 atom stereocenters. The van der Waals surface area contributed by atoms with Crippen LogP contribution in [-0.2, 0) is 0 Å². The maximum absolute atomic E-state index is 13.3. The van der Waals surface area contributed by atoms with E-state index in [1.165, 1.54) is 12.1 Å². The van der Waals surface area contributed by atoms with Gasteiger partial charge in [-0.25, -0.2) is 4.39 Å². The summed E-state index contributed by atoms with van der Waals surface area (Å²) >= 11 is 0. The highest BCUT2D eigenvalue weighted by atomic mass is 19.1. The molecule has 0 aliphatic heterocycles. The average molecular weight is 239 g/mol. The lowest BCUT2D eigenvalue weighted by molar-refractivity contribution is 0.0945. The van der Waals surface area contributed by atoms with Gasteiger partial charge in [-0.2, -0.15) is 0 Å². The predicted molar refractivity (Wildman–Crippen MR) is 64.5 cm³/mol. The standard InChI is InChI=1S/C13H18FNO2/c1-9(2)5-4-8-15-13(17)12-10(14)6-3-7-11(12)16/h3,6-7,9,16H,4-5,8H2,1-2H3,(H,15,17). The highest BCUT2D eigenvalue weighted by molar-refractivity contribution is 5.97. The van der Waals surface area contributed by atoms with Crippen molar-refractivity contribution in [3.05, 3.63) is 29.6 Å². The largest absolute Gasteiger partial charge is 0.507 e. The lowest BCUT2D eigenvalue weighted by atomic mass is 10.1. The lowest BCUT2D eigenvalue weighted by Crippen LogP contribution is -2.25. The van der Waals surface area contributed by atoms with Gasteiger partial charge in [0.2, 0.25) is 0 Å². The van der Waals surface area contributed by atoms with Crippen LogP contribution in [0, 0.1) is 11.7 Å². The van der Waals surface area contributed by atoms with E-state index in [1.54, 1.807) is 0 Å². The molecule has 0 bridgehead atoms. The van der Waals surface area contributed by atoms with Gasteiger partial charge in [-0.3, -0.25) is 4.79 Å². The quantitative estimate of drug-likeness (QED) is 0.776. The Morgan fingerprint density at radius 2 is 2.18 bits per heavy atom. The Morgan fingerprint density at radius 3 is 2.76 bits per heavy atom. The molecule has 0 aromatic heterocycles. The first-order valence-corrected chi connectivity index (χ1v) is 5.78. The monoisotopic (exact) mass is 239 g/mol. The molecular weight excluding hydrogens is 221 g/mol. The average Bonchev–Trinajstić information content (AvgIpc) is 2.24. The summed E-state index contributed by atoms with van der Waals surface area (Å²) in [7, 11) is 0. The molecule has 1 aromatic rings. The Hall–Kier alpha value is -1.58. The summed E-state index contributed by atoms with van der Waals surface area (Å²) in [5.74, 6) is -1.02. The van der Waals surface area contributed by atoms with Gasteiger partial charge in [0.15, 0.2) is 0 Å². The molecular formula is C13H18FNO2. The molecule has 4 heteroatoms. The van der Waals surface area contributed by atoms with Crippen LogP contribution in [0.15, 0.2) is 18.2 Å². The first kappa shape index (κ1) is 13.5. The van der Waals surface area contributed by atoms with E-state index in [2.05, 4.69) is 19.2 Å². The van der Waals surface area contributed by atoms with Gasteiger partial charge >= 0.3 is 0 Å². The Kier molecular flexibility index (Phi) is 4.94. The molecule has 0 aliphatic rings. The number of carbonyl (C=O) groups excluding carboxylic acids is 1. The summed E-state index contributed by atoms with van der Waals surface area (Å²) < 4.78 is 13.3. The van der Waals surface area contributed by atoms with Crippen molar-refractivity contribution in [1.29, 1.82) is 0 Å². The molecule has 0 unspecified atom stereocenters. The summed E-state index contributed by atoms with van der Waals surface area (Å²) in [6.45, 7) is 4.69. The highest BCUT2D eigenvalue weighted by Crippen LogP contribution is 2.19. The number of phenols is 1. The first-order chi connectivity index (χ1) is 8.02. The topological polar surface area (TPSA) is 49.3 Å². The molecule has 0 fully saturated rings. The van der Waals surface area contributed by atoms with E-state index in [1.807, 2.05) is 0 Å².